The summed E-state index contributed by atoms with van der Waals surface area (Å²) < 4.78 is 5.40. The van der Waals surface area contributed by atoms with Crippen molar-refractivity contribution < 1.29 is 4.74 Å². The number of rotatable bonds is 3. The van der Waals surface area contributed by atoms with Gasteiger partial charge in [-0.1, -0.05) is 19.1 Å². The highest BCUT2D eigenvalue weighted by atomic mass is 32.1. The van der Waals surface area contributed by atoms with Crippen molar-refractivity contribution in [3.05, 3.63) is 35.0 Å². The maximum absolute atomic E-state index is 5.40. The fourth-order valence-corrected chi connectivity index (χ4v) is 2.56. The van der Waals surface area contributed by atoms with Gasteiger partial charge < -0.3 is 4.74 Å². The monoisotopic (exact) mass is 233 g/mol. The van der Waals surface area contributed by atoms with Crippen LogP contribution in [0.3, 0.4) is 0 Å². The second-order valence-corrected chi connectivity index (χ2v) is 4.50. The summed E-state index contributed by atoms with van der Waals surface area (Å²) in [5.74, 6) is 0.966. The second-order valence-electron chi connectivity index (χ2n) is 3.65. The van der Waals surface area contributed by atoms with E-state index < -0.39 is 0 Å². The summed E-state index contributed by atoms with van der Waals surface area (Å²) >= 11 is 1.67. The molecule has 1 aromatic heterocycles. The topological polar surface area (TPSA) is 22.1 Å². The van der Waals surface area contributed by atoms with E-state index in [2.05, 4.69) is 30.1 Å². The average molecular weight is 233 g/mol. The van der Waals surface area contributed by atoms with E-state index in [-0.39, 0.29) is 0 Å². The fraction of sp³-hybridized carbons (Fsp3) is 0.308. The summed E-state index contributed by atoms with van der Waals surface area (Å²) in [6, 6.07) is 6.37. The van der Waals surface area contributed by atoms with Gasteiger partial charge in [-0.15, -0.1) is 11.3 Å². The van der Waals surface area contributed by atoms with Crippen LogP contribution in [0.25, 0.3) is 10.4 Å². The van der Waals surface area contributed by atoms with Crippen molar-refractivity contribution in [3.63, 3.8) is 0 Å². The Labute approximate surface area is 99.9 Å². The number of aromatic nitrogens is 1. The van der Waals surface area contributed by atoms with Crippen molar-refractivity contribution in [2.45, 2.75) is 20.3 Å². The van der Waals surface area contributed by atoms with Gasteiger partial charge >= 0.3 is 0 Å². The number of hydrogen-bond acceptors (Lipinski definition) is 3. The van der Waals surface area contributed by atoms with E-state index >= 15 is 0 Å². The molecule has 0 saturated heterocycles. The standard InChI is InChI=1S/C13H15NOS/c1-4-10-5-6-11(7-12(10)15-3)13-9(2)14-8-16-13/h5-8H,4H2,1-3H3. The molecule has 0 radical (unpaired) electrons. The van der Waals surface area contributed by atoms with Crippen LogP contribution in [0.15, 0.2) is 23.7 Å². The first-order valence-electron chi connectivity index (χ1n) is 5.33. The number of benzene rings is 1. The number of methoxy groups -OCH3 is 1. The molecule has 84 valence electrons. The first-order chi connectivity index (χ1) is 7.76. The van der Waals surface area contributed by atoms with Crippen LogP contribution in [0.2, 0.25) is 0 Å². The molecule has 0 N–H and O–H groups in total. The highest BCUT2D eigenvalue weighted by molar-refractivity contribution is 7.13. The summed E-state index contributed by atoms with van der Waals surface area (Å²) in [6.45, 7) is 4.17. The Balaban J connectivity index is 2.48. The smallest absolute Gasteiger partial charge is 0.122 e. The van der Waals surface area contributed by atoms with Gasteiger partial charge in [0, 0.05) is 0 Å². The molecule has 0 aliphatic heterocycles. The van der Waals surface area contributed by atoms with E-state index in [1.807, 2.05) is 12.4 Å². The normalized spacial score (nSPS) is 10.4. The van der Waals surface area contributed by atoms with Gasteiger partial charge in [0.25, 0.3) is 0 Å². The third kappa shape index (κ3) is 1.95. The van der Waals surface area contributed by atoms with Gasteiger partial charge in [0.1, 0.15) is 5.75 Å². The summed E-state index contributed by atoms with van der Waals surface area (Å²) in [5.41, 5.74) is 5.39. The lowest BCUT2D eigenvalue weighted by Gasteiger charge is -2.08. The second kappa shape index (κ2) is 4.66. The van der Waals surface area contributed by atoms with Crippen LogP contribution in [0.1, 0.15) is 18.2 Å². The van der Waals surface area contributed by atoms with Crippen molar-refractivity contribution in [2.24, 2.45) is 0 Å². The van der Waals surface area contributed by atoms with Crippen molar-refractivity contribution in [1.29, 1.82) is 0 Å². The van der Waals surface area contributed by atoms with E-state index in [0.717, 1.165) is 17.9 Å². The SMILES string of the molecule is CCc1ccc(-c2scnc2C)cc1OC. The van der Waals surface area contributed by atoms with Gasteiger partial charge in [-0.05, 0) is 30.5 Å². The third-order valence-electron chi connectivity index (χ3n) is 2.68. The number of nitrogens with zero attached hydrogens (tertiary/aromatic N) is 1. The van der Waals surface area contributed by atoms with Gasteiger partial charge in [0.15, 0.2) is 0 Å². The van der Waals surface area contributed by atoms with Crippen LogP contribution in [-0.4, -0.2) is 12.1 Å². The van der Waals surface area contributed by atoms with Crippen molar-refractivity contribution >= 4 is 11.3 Å². The summed E-state index contributed by atoms with van der Waals surface area (Å²) in [5, 5.41) is 0. The van der Waals surface area contributed by atoms with Crippen LogP contribution in [0.4, 0.5) is 0 Å². The van der Waals surface area contributed by atoms with Crippen LogP contribution >= 0.6 is 11.3 Å². The molecule has 0 aliphatic carbocycles. The minimum Gasteiger partial charge on any atom is -0.496 e. The molecule has 0 saturated carbocycles. The predicted molar refractivity (Wildman–Crippen MR) is 68.2 cm³/mol. The van der Waals surface area contributed by atoms with Gasteiger partial charge in [-0.3, -0.25) is 0 Å². The Bertz CT molecular complexity index is 490. The quantitative estimate of drug-likeness (QED) is 0.806. The molecule has 0 amide bonds. The molecule has 1 aromatic carbocycles. The molecule has 0 fully saturated rings. The highest BCUT2D eigenvalue weighted by Crippen LogP contribution is 2.31. The van der Waals surface area contributed by atoms with E-state index in [9.17, 15) is 0 Å². The molecule has 16 heavy (non-hydrogen) atoms. The van der Waals surface area contributed by atoms with Crippen molar-refractivity contribution in [1.82, 2.24) is 4.98 Å². The lowest BCUT2D eigenvalue weighted by atomic mass is 10.1. The van der Waals surface area contributed by atoms with Gasteiger partial charge in [0.05, 0.1) is 23.2 Å². The molecular weight excluding hydrogens is 218 g/mol. The summed E-state index contributed by atoms with van der Waals surface area (Å²) in [4.78, 5) is 5.49. The Morgan fingerprint density at radius 2 is 2.19 bits per heavy atom. The average Bonchev–Trinajstić information content (AvgIpc) is 2.74. The first kappa shape index (κ1) is 11.1. The van der Waals surface area contributed by atoms with Gasteiger partial charge in [-0.2, -0.15) is 0 Å². The molecule has 0 aliphatic rings. The van der Waals surface area contributed by atoms with E-state index in [4.69, 9.17) is 4.74 Å². The van der Waals surface area contributed by atoms with E-state index in [1.165, 1.54) is 16.0 Å². The maximum Gasteiger partial charge on any atom is 0.122 e. The zero-order valence-corrected chi connectivity index (χ0v) is 10.6. The Kier molecular flexibility index (Phi) is 3.25. The van der Waals surface area contributed by atoms with Crippen LogP contribution in [0, 0.1) is 6.92 Å². The van der Waals surface area contributed by atoms with Crippen LogP contribution in [-0.2, 0) is 6.42 Å². The Morgan fingerprint density at radius 3 is 2.75 bits per heavy atom. The molecule has 0 bridgehead atoms. The van der Waals surface area contributed by atoms with Crippen LogP contribution < -0.4 is 4.74 Å². The lowest BCUT2D eigenvalue weighted by Crippen LogP contribution is -1.91. The predicted octanol–water partition coefficient (Wildman–Crippen LogP) is 3.69. The minimum atomic E-state index is 0.966. The van der Waals surface area contributed by atoms with E-state index in [1.54, 1.807) is 18.4 Å². The summed E-state index contributed by atoms with van der Waals surface area (Å²) in [7, 11) is 1.72. The maximum atomic E-state index is 5.40. The zero-order valence-electron chi connectivity index (χ0n) is 9.78. The molecule has 0 atom stereocenters. The molecule has 2 nitrogen and oxygen atoms in total. The number of thiazole rings is 1. The molecule has 2 rings (SSSR count). The largest absolute Gasteiger partial charge is 0.496 e. The Hall–Kier alpha value is -1.35. The molecular formula is C13H15NOS. The number of aryl methyl sites for hydroxylation is 2. The highest BCUT2D eigenvalue weighted by Gasteiger charge is 2.08. The van der Waals surface area contributed by atoms with E-state index in [0.29, 0.717) is 0 Å². The molecule has 3 heteroatoms. The van der Waals surface area contributed by atoms with Gasteiger partial charge in [-0.25, -0.2) is 4.98 Å². The first-order valence-corrected chi connectivity index (χ1v) is 6.21. The van der Waals surface area contributed by atoms with Crippen molar-refractivity contribution in [3.8, 4) is 16.2 Å². The number of ether oxygens (including phenoxy) is 1. The molecule has 2 aromatic rings. The zero-order chi connectivity index (χ0) is 11.5. The molecule has 1 heterocycles. The Morgan fingerprint density at radius 1 is 1.38 bits per heavy atom. The van der Waals surface area contributed by atoms with Crippen molar-refractivity contribution in [2.75, 3.05) is 7.11 Å². The lowest BCUT2D eigenvalue weighted by molar-refractivity contribution is 0.410. The third-order valence-corrected chi connectivity index (χ3v) is 3.65. The van der Waals surface area contributed by atoms with Crippen LogP contribution in [0.5, 0.6) is 5.75 Å². The van der Waals surface area contributed by atoms with Gasteiger partial charge in [0.2, 0.25) is 0 Å². The molecule has 0 unspecified atom stereocenters. The summed E-state index contributed by atoms with van der Waals surface area (Å²) in [6.07, 6.45) is 0.991. The number of hydrogen-bond donors (Lipinski definition) is 0. The fourth-order valence-electron chi connectivity index (χ4n) is 1.76. The molecule has 0 spiro atoms. The minimum absolute atomic E-state index is 0.966.